The van der Waals surface area contributed by atoms with Crippen molar-refractivity contribution in [3.8, 4) is 0 Å². The van der Waals surface area contributed by atoms with Gasteiger partial charge in [0.2, 0.25) is 0 Å². The fraction of sp³-hybridized carbons (Fsp3) is 0.583. The van der Waals surface area contributed by atoms with E-state index in [1.807, 2.05) is 0 Å². The molecule has 0 aromatic heterocycles. The Morgan fingerprint density at radius 2 is 2.05 bits per heavy atom. The molecular formula is C12H14Cl2F2O3. The van der Waals surface area contributed by atoms with Gasteiger partial charge in [-0.25, -0.2) is 0 Å². The first-order valence-electron chi connectivity index (χ1n) is 5.62. The highest BCUT2D eigenvalue weighted by Crippen LogP contribution is 2.49. The van der Waals surface area contributed by atoms with Gasteiger partial charge < -0.3 is 9.84 Å². The lowest BCUT2D eigenvalue weighted by Gasteiger charge is -2.37. The number of alkyl halides is 4. The molecule has 1 rings (SSSR count). The monoisotopic (exact) mass is 314 g/mol. The number of hydrogen-bond donors (Lipinski definition) is 1. The molecule has 1 aliphatic carbocycles. The van der Waals surface area contributed by atoms with Crippen molar-refractivity contribution < 1.29 is 23.4 Å². The van der Waals surface area contributed by atoms with Gasteiger partial charge in [-0.3, -0.25) is 4.79 Å². The van der Waals surface area contributed by atoms with Crippen LogP contribution in [0.1, 0.15) is 20.3 Å². The summed E-state index contributed by atoms with van der Waals surface area (Å²) >= 11 is 12.3. The molecule has 0 heterocycles. The van der Waals surface area contributed by atoms with E-state index < -0.39 is 22.8 Å². The number of allylic oxidation sites excluding steroid dienone is 3. The van der Waals surface area contributed by atoms with Crippen LogP contribution in [0.3, 0.4) is 0 Å². The summed E-state index contributed by atoms with van der Waals surface area (Å²) in [5.74, 6) is -2.04. The van der Waals surface area contributed by atoms with E-state index in [2.05, 4.69) is 4.74 Å². The van der Waals surface area contributed by atoms with E-state index in [1.54, 1.807) is 13.8 Å². The van der Waals surface area contributed by atoms with Crippen LogP contribution in [0.4, 0.5) is 8.78 Å². The fourth-order valence-electron chi connectivity index (χ4n) is 2.19. The van der Waals surface area contributed by atoms with Crippen LogP contribution in [-0.2, 0) is 9.53 Å². The number of carboxylic acid groups (broad SMARTS) is 1. The largest absolute Gasteiger partial charge is 0.481 e. The number of ether oxygens (including phenoxy) is 1. The minimum absolute atomic E-state index is 0.134. The van der Waals surface area contributed by atoms with Gasteiger partial charge in [0.1, 0.15) is 5.76 Å². The van der Waals surface area contributed by atoms with Gasteiger partial charge in [0, 0.05) is 5.92 Å². The van der Waals surface area contributed by atoms with E-state index in [1.165, 1.54) is 12.2 Å². The molecule has 19 heavy (non-hydrogen) atoms. The maximum atomic E-state index is 12.3. The van der Waals surface area contributed by atoms with Crippen molar-refractivity contribution in [2.24, 2.45) is 11.8 Å². The molecule has 108 valence electrons. The SMILES string of the molecule is CC(C)C1C(CC(=O)O)=CC=C(OC(F)F)C1(Cl)Cl. The standard InChI is InChI=1S/C12H14Cl2F2O3/c1-6(2)10-7(5-9(17)18)3-4-8(12(10,13)14)19-11(15)16/h3-4,6,10-11H,5H2,1-2H3,(H,17,18). The highest BCUT2D eigenvalue weighted by molar-refractivity contribution is 6.50. The average molecular weight is 315 g/mol. The molecule has 1 atom stereocenters. The third-order valence-corrected chi connectivity index (χ3v) is 3.65. The van der Waals surface area contributed by atoms with Gasteiger partial charge in [0.15, 0.2) is 4.33 Å². The quantitative estimate of drug-likeness (QED) is 0.781. The zero-order chi connectivity index (χ0) is 14.8. The summed E-state index contributed by atoms with van der Waals surface area (Å²) in [6, 6.07) is 0. The molecule has 0 saturated carbocycles. The van der Waals surface area contributed by atoms with Crippen LogP contribution in [0, 0.1) is 11.8 Å². The Kier molecular flexibility index (Phi) is 5.21. The smallest absolute Gasteiger partial charge is 0.387 e. The number of halogens is 4. The van der Waals surface area contributed by atoms with Crippen LogP contribution >= 0.6 is 23.2 Å². The molecule has 1 unspecified atom stereocenters. The van der Waals surface area contributed by atoms with Crippen LogP contribution in [0.25, 0.3) is 0 Å². The van der Waals surface area contributed by atoms with Gasteiger partial charge in [0.05, 0.1) is 6.42 Å². The number of aliphatic carboxylic acids is 1. The van der Waals surface area contributed by atoms with Crippen LogP contribution in [0.5, 0.6) is 0 Å². The first-order chi connectivity index (χ1) is 8.66. The topological polar surface area (TPSA) is 46.5 Å². The maximum Gasteiger partial charge on any atom is 0.387 e. The van der Waals surface area contributed by atoms with Crippen LogP contribution in [0.2, 0.25) is 0 Å². The lowest BCUT2D eigenvalue weighted by molar-refractivity contribution is -0.136. The van der Waals surface area contributed by atoms with Crippen LogP contribution < -0.4 is 0 Å². The molecule has 0 fully saturated rings. The average Bonchev–Trinajstić information content (AvgIpc) is 2.19. The van der Waals surface area contributed by atoms with Crippen molar-refractivity contribution >= 4 is 29.2 Å². The molecular weight excluding hydrogens is 301 g/mol. The first kappa shape index (κ1) is 16.2. The Balaban J connectivity index is 3.14. The number of carboxylic acids is 1. The molecule has 0 spiro atoms. The molecule has 7 heteroatoms. The molecule has 0 saturated heterocycles. The molecule has 0 aromatic carbocycles. The summed E-state index contributed by atoms with van der Waals surface area (Å²) in [5, 5.41) is 8.85. The third kappa shape index (κ3) is 3.83. The summed E-state index contributed by atoms with van der Waals surface area (Å²) in [6.45, 7) is 0.529. The molecule has 1 aliphatic rings. The highest BCUT2D eigenvalue weighted by Gasteiger charge is 2.46. The number of rotatable bonds is 5. The van der Waals surface area contributed by atoms with E-state index >= 15 is 0 Å². The lowest BCUT2D eigenvalue weighted by Crippen LogP contribution is -2.37. The lowest BCUT2D eigenvalue weighted by atomic mass is 9.80. The summed E-state index contributed by atoms with van der Waals surface area (Å²) < 4.78 is 27.2. The Morgan fingerprint density at radius 3 is 2.47 bits per heavy atom. The second kappa shape index (κ2) is 6.09. The predicted octanol–water partition coefficient (Wildman–Crippen LogP) is 3.97. The maximum absolute atomic E-state index is 12.3. The molecule has 0 radical (unpaired) electrons. The molecule has 3 nitrogen and oxygen atoms in total. The van der Waals surface area contributed by atoms with E-state index in [0.29, 0.717) is 5.57 Å². The van der Waals surface area contributed by atoms with Gasteiger partial charge in [-0.15, -0.1) is 0 Å². The van der Waals surface area contributed by atoms with Crippen molar-refractivity contribution in [1.82, 2.24) is 0 Å². The molecule has 1 N–H and O–H groups in total. The van der Waals surface area contributed by atoms with E-state index in [9.17, 15) is 13.6 Å². The van der Waals surface area contributed by atoms with Gasteiger partial charge in [-0.05, 0) is 12.0 Å². The summed E-state index contributed by atoms with van der Waals surface area (Å²) in [5.41, 5.74) is 0.481. The Hall–Kier alpha value is -0.810. The fourth-order valence-corrected chi connectivity index (χ4v) is 3.19. The van der Waals surface area contributed by atoms with Crippen molar-refractivity contribution in [1.29, 1.82) is 0 Å². The molecule has 0 aliphatic heterocycles. The Labute approximate surface area is 119 Å². The van der Waals surface area contributed by atoms with Crippen LogP contribution in [0.15, 0.2) is 23.5 Å². The summed E-state index contributed by atoms with van der Waals surface area (Å²) in [4.78, 5) is 10.8. The minimum atomic E-state index is -3.04. The Bertz CT molecular complexity index is 417. The van der Waals surface area contributed by atoms with E-state index in [4.69, 9.17) is 28.3 Å². The van der Waals surface area contributed by atoms with Crippen molar-refractivity contribution in [3.05, 3.63) is 23.5 Å². The van der Waals surface area contributed by atoms with E-state index in [-0.39, 0.29) is 18.1 Å². The van der Waals surface area contributed by atoms with Crippen molar-refractivity contribution in [2.45, 2.75) is 31.2 Å². The predicted molar refractivity (Wildman–Crippen MR) is 68.3 cm³/mol. The highest BCUT2D eigenvalue weighted by atomic mass is 35.5. The third-order valence-electron chi connectivity index (χ3n) is 2.81. The second-order valence-corrected chi connectivity index (χ2v) is 5.95. The van der Waals surface area contributed by atoms with Crippen molar-refractivity contribution in [2.75, 3.05) is 0 Å². The molecule has 0 amide bonds. The Morgan fingerprint density at radius 1 is 1.47 bits per heavy atom. The van der Waals surface area contributed by atoms with Crippen LogP contribution in [-0.4, -0.2) is 22.0 Å². The summed E-state index contributed by atoms with van der Waals surface area (Å²) in [7, 11) is 0. The zero-order valence-corrected chi connectivity index (χ0v) is 11.9. The second-order valence-electron chi connectivity index (χ2n) is 4.57. The normalized spacial score (nSPS) is 22.2. The van der Waals surface area contributed by atoms with Gasteiger partial charge in [0.25, 0.3) is 0 Å². The summed E-state index contributed by atoms with van der Waals surface area (Å²) in [6.07, 6.45) is 2.38. The van der Waals surface area contributed by atoms with Gasteiger partial charge in [-0.1, -0.05) is 48.7 Å². The minimum Gasteiger partial charge on any atom is -0.481 e. The number of hydrogen-bond acceptors (Lipinski definition) is 2. The van der Waals surface area contributed by atoms with Gasteiger partial charge in [-0.2, -0.15) is 8.78 Å². The van der Waals surface area contributed by atoms with Gasteiger partial charge >= 0.3 is 12.6 Å². The van der Waals surface area contributed by atoms with E-state index in [0.717, 1.165) is 0 Å². The molecule has 0 bridgehead atoms. The van der Waals surface area contributed by atoms with Crippen molar-refractivity contribution in [3.63, 3.8) is 0 Å². The first-order valence-corrected chi connectivity index (χ1v) is 6.37. The molecule has 0 aromatic rings. The number of carbonyl (C=O) groups is 1. The zero-order valence-electron chi connectivity index (χ0n) is 10.4.